The first-order chi connectivity index (χ1) is 16.0. The standard InChI is InChI=1S/C26H27N3O4/c30-25(31)16-18-6-13-23(14-7-18)33-24-15-10-20(17-27-24)19-8-11-22(12-9-19)29-26(32)28-21-4-2-1-3-5-21/h1-5,8-12,15,17-18,23H,6-7,13-14,16H2,(H,30,31)(H2,28,29,32). The first-order valence-electron chi connectivity index (χ1n) is 11.1. The van der Waals surface area contributed by atoms with Gasteiger partial charge < -0.3 is 20.5 Å². The summed E-state index contributed by atoms with van der Waals surface area (Å²) in [6.07, 6.45) is 5.56. The number of pyridine rings is 1. The Morgan fingerprint density at radius 2 is 1.48 bits per heavy atom. The number of hydrogen-bond acceptors (Lipinski definition) is 4. The van der Waals surface area contributed by atoms with Crippen LogP contribution in [0.5, 0.6) is 5.88 Å². The van der Waals surface area contributed by atoms with Gasteiger partial charge in [0, 0.05) is 35.6 Å². The summed E-state index contributed by atoms with van der Waals surface area (Å²) in [6, 6.07) is 20.4. The molecule has 1 aliphatic rings. The number of nitrogens with one attached hydrogen (secondary N) is 2. The SMILES string of the molecule is O=C(O)CC1CCC(Oc2ccc(-c3ccc(NC(=O)Nc4ccccc4)cc3)cn2)CC1. The van der Waals surface area contributed by atoms with Gasteiger partial charge >= 0.3 is 12.0 Å². The topological polar surface area (TPSA) is 101 Å². The fraction of sp³-hybridized carbons (Fsp3) is 0.269. The van der Waals surface area contributed by atoms with Crippen LogP contribution < -0.4 is 15.4 Å². The average Bonchev–Trinajstić information content (AvgIpc) is 2.82. The van der Waals surface area contributed by atoms with E-state index in [4.69, 9.17) is 9.84 Å². The quantitative estimate of drug-likeness (QED) is 0.426. The molecule has 7 nitrogen and oxygen atoms in total. The third-order valence-corrected chi connectivity index (χ3v) is 5.79. The summed E-state index contributed by atoms with van der Waals surface area (Å²) in [5.74, 6) is 0.103. The minimum atomic E-state index is -0.726. The number of urea groups is 1. The van der Waals surface area contributed by atoms with Crippen LogP contribution in [0.3, 0.4) is 0 Å². The van der Waals surface area contributed by atoms with Crippen LogP contribution in [0.4, 0.5) is 16.2 Å². The van der Waals surface area contributed by atoms with Crippen LogP contribution in [-0.4, -0.2) is 28.2 Å². The molecule has 170 valence electrons. The number of carbonyl (C=O) groups excluding carboxylic acids is 1. The molecule has 1 heterocycles. The molecule has 1 saturated carbocycles. The zero-order valence-corrected chi connectivity index (χ0v) is 18.2. The molecule has 1 fully saturated rings. The summed E-state index contributed by atoms with van der Waals surface area (Å²) in [5, 5.41) is 14.5. The molecule has 0 aliphatic heterocycles. The number of para-hydroxylation sites is 1. The van der Waals surface area contributed by atoms with Gasteiger partial charge in [-0.15, -0.1) is 0 Å². The molecule has 3 N–H and O–H groups in total. The molecule has 7 heteroatoms. The van der Waals surface area contributed by atoms with Crippen molar-refractivity contribution < 1.29 is 19.4 Å². The number of aromatic nitrogens is 1. The van der Waals surface area contributed by atoms with Crippen LogP contribution in [0.15, 0.2) is 72.9 Å². The zero-order valence-electron chi connectivity index (χ0n) is 18.2. The molecular weight excluding hydrogens is 418 g/mol. The molecule has 0 unspecified atom stereocenters. The normalized spacial score (nSPS) is 17.7. The lowest BCUT2D eigenvalue weighted by Gasteiger charge is -2.27. The molecule has 1 aromatic heterocycles. The first-order valence-corrected chi connectivity index (χ1v) is 11.1. The second-order valence-corrected chi connectivity index (χ2v) is 8.27. The molecule has 0 atom stereocenters. The molecular formula is C26H27N3O4. The highest BCUT2D eigenvalue weighted by Gasteiger charge is 2.24. The van der Waals surface area contributed by atoms with Crippen molar-refractivity contribution in [3.63, 3.8) is 0 Å². The highest BCUT2D eigenvalue weighted by molar-refractivity contribution is 5.99. The summed E-state index contributed by atoms with van der Waals surface area (Å²) >= 11 is 0. The molecule has 33 heavy (non-hydrogen) atoms. The molecule has 0 bridgehead atoms. The molecule has 4 rings (SSSR count). The van der Waals surface area contributed by atoms with Gasteiger partial charge in [0.25, 0.3) is 0 Å². The van der Waals surface area contributed by atoms with Crippen molar-refractivity contribution in [1.29, 1.82) is 0 Å². The van der Waals surface area contributed by atoms with Crippen molar-refractivity contribution in [2.45, 2.75) is 38.2 Å². The number of ether oxygens (including phenoxy) is 1. The fourth-order valence-corrected chi connectivity index (χ4v) is 4.05. The van der Waals surface area contributed by atoms with Gasteiger partial charge in [0.05, 0.1) is 0 Å². The van der Waals surface area contributed by atoms with E-state index in [-0.39, 0.29) is 24.5 Å². The highest BCUT2D eigenvalue weighted by atomic mass is 16.5. The van der Waals surface area contributed by atoms with Gasteiger partial charge in [0.2, 0.25) is 5.88 Å². The lowest BCUT2D eigenvalue weighted by atomic mass is 9.85. The molecule has 0 saturated heterocycles. The van der Waals surface area contributed by atoms with Gasteiger partial charge in [-0.1, -0.05) is 30.3 Å². The second kappa shape index (κ2) is 10.6. The molecule has 2 amide bonds. The Morgan fingerprint density at radius 1 is 0.848 bits per heavy atom. The van der Waals surface area contributed by atoms with Gasteiger partial charge in [-0.2, -0.15) is 0 Å². The number of anilines is 2. The number of benzene rings is 2. The van der Waals surface area contributed by atoms with Crippen LogP contribution in [0.25, 0.3) is 11.1 Å². The minimum absolute atomic E-state index is 0.0841. The lowest BCUT2D eigenvalue weighted by molar-refractivity contribution is -0.138. The molecule has 3 aromatic rings. The van der Waals surface area contributed by atoms with E-state index in [0.717, 1.165) is 42.5 Å². The summed E-state index contributed by atoms with van der Waals surface area (Å²) in [4.78, 5) is 27.4. The Balaban J connectivity index is 1.28. The van der Waals surface area contributed by atoms with Gasteiger partial charge in [-0.25, -0.2) is 9.78 Å². The lowest BCUT2D eigenvalue weighted by Crippen LogP contribution is -2.25. The van der Waals surface area contributed by atoms with Gasteiger partial charge in [-0.05, 0) is 67.5 Å². The number of nitrogens with zero attached hydrogens (tertiary/aromatic N) is 1. The monoisotopic (exact) mass is 445 g/mol. The van der Waals surface area contributed by atoms with E-state index in [2.05, 4.69) is 15.6 Å². The Bertz CT molecular complexity index is 1060. The predicted molar refractivity (Wildman–Crippen MR) is 127 cm³/mol. The molecule has 0 radical (unpaired) electrons. The third kappa shape index (κ3) is 6.55. The van der Waals surface area contributed by atoms with Crippen LogP contribution in [0.1, 0.15) is 32.1 Å². The van der Waals surface area contributed by atoms with Crippen LogP contribution in [0, 0.1) is 5.92 Å². The smallest absolute Gasteiger partial charge is 0.323 e. The number of rotatable bonds is 7. The van der Waals surface area contributed by atoms with Gasteiger partial charge in [-0.3, -0.25) is 4.79 Å². The third-order valence-electron chi connectivity index (χ3n) is 5.79. The van der Waals surface area contributed by atoms with E-state index in [1.807, 2.05) is 66.7 Å². The van der Waals surface area contributed by atoms with Crippen molar-refractivity contribution in [2.75, 3.05) is 10.6 Å². The predicted octanol–water partition coefficient (Wildman–Crippen LogP) is 5.80. The van der Waals surface area contributed by atoms with E-state index in [1.54, 1.807) is 6.20 Å². The number of carboxylic acid groups (broad SMARTS) is 1. The average molecular weight is 446 g/mol. The second-order valence-electron chi connectivity index (χ2n) is 8.27. The van der Waals surface area contributed by atoms with E-state index in [9.17, 15) is 9.59 Å². The van der Waals surface area contributed by atoms with Crippen molar-refractivity contribution in [3.05, 3.63) is 72.9 Å². The van der Waals surface area contributed by atoms with Crippen molar-refractivity contribution in [1.82, 2.24) is 4.98 Å². The summed E-state index contributed by atoms with van der Waals surface area (Å²) < 4.78 is 6.00. The maximum Gasteiger partial charge on any atom is 0.323 e. The highest BCUT2D eigenvalue weighted by Crippen LogP contribution is 2.30. The van der Waals surface area contributed by atoms with E-state index < -0.39 is 5.97 Å². The van der Waals surface area contributed by atoms with Crippen LogP contribution in [-0.2, 0) is 4.79 Å². The number of hydrogen-bond donors (Lipinski definition) is 3. The Labute approximate surface area is 192 Å². The van der Waals surface area contributed by atoms with Gasteiger partial charge in [0.15, 0.2) is 0 Å². The zero-order chi connectivity index (χ0) is 23.0. The van der Waals surface area contributed by atoms with Crippen molar-refractivity contribution in [3.8, 4) is 17.0 Å². The van der Waals surface area contributed by atoms with Crippen molar-refractivity contribution >= 4 is 23.4 Å². The maximum absolute atomic E-state index is 12.1. The number of amides is 2. The number of aliphatic carboxylic acids is 1. The molecule has 0 spiro atoms. The fourth-order valence-electron chi connectivity index (χ4n) is 4.05. The van der Waals surface area contributed by atoms with E-state index >= 15 is 0 Å². The summed E-state index contributed by atoms with van der Waals surface area (Å²) in [6.45, 7) is 0. The Hall–Kier alpha value is -3.87. The minimum Gasteiger partial charge on any atom is -0.481 e. The summed E-state index contributed by atoms with van der Waals surface area (Å²) in [5.41, 5.74) is 3.36. The van der Waals surface area contributed by atoms with Crippen LogP contribution >= 0.6 is 0 Å². The van der Waals surface area contributed by atoms with Crippen LogP contribution in [0.2, 0.25) is 0 Å². The first kappa shape index (κ1) is 22.3. The maximum atomic E-state index is 12.1. The van der Waals surface area contributed by atoms with E-state index in [0.29, 0.717) is 11.6 Å². The number of carboxylic acids is 1. The van der Waals surface area contributed by atoms with Gasteiger partial charge in [0.1, 0.15) is 6.10 Å². The molecule has 1 aliphatic carbocycles. The Kier molecular flexibility index (Phi) is 7.19. The van der Waals surface area contributed by atoms with Crippen molar-refractivity contribution in [2.24, 2.45) is 5.92 Å². The molecule has 2 aromatic carbocycles. The summed E-state index contributed by atoms with van der Waals surface area (Å²) in [7, 11) is 0. The number of carbonyl (C=O) groups is 2. The largest absolute Gasteiger partial charge is 0.481 e. The Morgan fingerprint density at radius 3 is 2.09 bits per heavy atom. The van der Waals surface area contributed by atoms with E-state index in [1.165, 1.54) is 0 Å².